The minimum atomic E-state index is -0.0511. The molecule has 0 aliphatic heterocycles. The van der Waals surface area contributed by atoms with Crippen LogP contribution < -0.4 is 0 Å². The normalized spacial score (nSPS) is 12.0. The average Bonchev–Trinajstić information content (AvgIpc) is 3.78. The number of benzene rings is 5. The third-order valence-electron chi connectivity index (χ3n) is 12.4. The van der Waals surface area contributed by atoms with Crippen LogP contribution in [0.4, 0.5) is 0 Å². The van der Waals surface area contributed by atoms with Crippen LogP contribution in [0.5, 0.6) is 5.75 Å². The molecule has 1 N–H and O–H groups in total. The molecule has 7 heteroatoms. The van der Waals surface area contributed by atoms with Crippen molar-refractivity contribution in [1.29, 1.82) is 0 Å². The molecule has 0 aliphatic rings. The fourth-order valence-electron chi connectivity index (χ4n) is 9.00. The maximum atomic E-state index is 11.1. The van der Waals surface area contributed by atoms with Crippen molar-refractivity contribution in [2.75, 3.05) is 0 Å². The van der Waals surface area contributed by atoms with Gasteiger partial charge in [-0.25, -0.2) is 4.98 Å². The number of aromatic hydroxyl groups is 1. The van der Waals surface area contributed by atoms with Gasteiger partial charge in [-0.05, 0) is 95.0 Å². The number of pyridine rings is 3. The molecule has 0 bridgehead atoms. The number of para-hydroxylation sites is 3. The molecule has 10 aromatic rings. The van der Waals surface area contributed by atoms with E-state index in [4.69, 9.17) is 15.0 Å². The van der Waals surface area contributed by atoms with Gasteiger partial charge >= 0.3 is 0 Å². The second kappa shape index (κ2) is 16.2. The zero-order chi connectivity index (χ0) is 43.8. The van der Waals surface area contributed by atoms with Gasteiger partial charge in [0.25, 0.3) is 0 Å². The van der Waals surface area contributed by atoms with Crippen molar-refractivity contribution in [2.45, 2.75) is 66.2 Å². The van der Waals surface area contributed by atoms with Gasteiger partial charge in [0.15, 0.2) is 0 Å². The van der Waals surface area contributed by atoms with E-state index in [1.54, 1.807) is 6.07 Å². The topological polar surface area (TPSA) is 68.2 Å². The minimum absolute atomic E-state index is 0. The Kier molecular flexibility index (Phi) is 10.8. The molecule has 0 saturated heterocycles. The standard InChI is InChI=1S/C57H50N5O.Pt/c1-35-54-52(23-15-27-61(54)36(2)59-35)62-51-22-11-9-18-45(51)46-21-14-20-44(55(46)62)37-25-26-58-48(31-37)38-16-13-17-39(28-38)49-32-41(33-50(60-49)47-19-10-12-24-53(47)63)40-29-42(56(3,4)5)34-43(30-40)57(6,7)8;/h9-27,29-34,63H,1-8H3;/q-1;. The largest absolute Gasteiger partial charge is 0.507 e. The Labute approximate surface area is 389 Å². The zero-order valence-corrected chi connectivity index (χ0v) is 39.7. The van der Waals surface area contributed by atoms with Crippen molar-refractivity contribution in [3.8, 4) is 67.5 Å². The summed E-state index contributed by atoms with van der Waals surface area (Å²) in [6.07, 6.45) is 3.99. The van der Waals surface area contributed by atoms with E-state index < -0.39 is 0 Å². The van der Waals surface area contributed by atoms with Crippen molar-refractivity contribution in [1.82, 2.24) is 23.9 Å². The number of aryl methyl sites for hydroxylation is 2. The van der Waals surface area contributed by atoms with Crippen LogP contribution in [0.3, 0.4) is 0 Å². The summed E-state index contributed by atoms with van der Waals surface area (Å²) in [6, 6.07) is 52.3. The molecule has 0 fully saturated rings. The first kappa shape index (κ1) is 42.7. The van der Waals surface area contributed by atoms with Gasteiger partial charge in [-0.2, -0.15) is 0 Å². The smallest absolute Gasteiger partial charge is 0.124 e. The molecule has 6 nitrogen and oxygen atoms in total. The number of rotatable bonds is 6. The number of imidazole rings is 1. The van der Waals surface area contributed by atoms with E-state index in [1.165, 1.54) is 21.9 Å². The first-order valence-electron chi connectivity index (χ1n) is 21.7. The monoisotopic (exact) mass is 1020 g/mol. The van der Waals surface area contributed by atoms with Gasteiger partial charge in [-0.1, -0.05) is 132 Å². The van der Waals surface area contributed by atoms with Gasteiger partial charge in [0.1, 0.15) is 11.6 Å². The Morgan fingerprint density at radius 1 is 0.547 bits per heavy atom. The second-order valence-electron chi connectivity index (χ2n) is 18.8. The predicted molar refractivity (Wildman–Crippen MR) is 260 cm³/mol. The van der Waals surface area contributed by atoms with Crippen molar-refractivity contribution >= 4 is 27.3 Å². The summed E-state index contributed by atoms with van der Waals surface area (Å²) in [7, 11) is 0. The second-order valence-corrected chi connectivity index (χ2v) is 18.8. The minimum Gasteiger partial charge on any atom is -0.507 e. The van der Waals surface area contributed by atoms with Gasteiger partial charge in [-0.15, -0.1) is 24.3 Å². The van der Waals surface area contributed by atoms with E-state index in [9.17, 15) is 5.11 Å². The maximum Gasteiger partial charge on any atom is 0.124 e. The molecule has 0 radical (unpaired) electrons. The molecule has 5 aromatic carbocycles. The summed E-state index contributed by atoms with van der Waals surface area (Å²) in [6.45, 7) is 17.7. The van der Waals surface area contributed by atoms with E-state index in [0.717, 1.165) is 78.5 Å². The fraction of sp³-hybridized carbons (Fsp3) is 0.175. The zero-order valence-electron chi connectivity index (χ0n) is 37.4. The van der Waals surface area contributed by atoms with Crippen LogP contribution in [-0.4, -0.2) is 29.0 Å². The Morgan fingerprint density at radius 2 is 1.17 bits per heavy atom. The molecule has 10 rings (SSSR count). The summed E-state index contributed by atoms with van der Waals surface area (Å²) in [5, 5.41) is 13.5. The third-order valence-corrected chi connectivity index (χ3v) is 12.4. The SMILES string of the molecule is Cc1nc(C)n2cccc(-n3c4ccccc4c4cccc(-c5ccnc(-c6[c-]c(-c7cc(-c8cc(C(C)(C)C)cc(C(C)(C)C)c8)cc(-c8ccccc8O)n7)ccc6)c5)c43)c12.[Pt]. The van der Waals surface area contributed by atoms with Gasteiger partial charge in [0.05, 0.1) is 33.6 Å². The summed E-state index contributed by atoms with van der Waals surface area (Å²) in [5.41, 5.74) is 16.8. The molecule has 0 saturated carbocycles. The van der Waals surface area contributed by atoms with Crippen molar-refractivity contribution in [2.24, 2.45) is 0 Å². The molecule has 0 atom stereocenters. The first-order valence-corrected chi connectivity index (χ1v) is 21.7. The molecule has 5 heterocycles. The Morgan fingerprint density at radius 3 is 1.92 bits per heavy atom. The van der Waals surface area contributed by atoms with E-state index >= 15 is 0 Å². The average molecular weight is 1020 g/mol. The van der Waals surface area contributed by atoms with Crippen LogP contribution in [-0.2, 0) is 31.9 Å². The van der Waals surface area contributed by atoms with Crippen molar-refractivity contribution < 1.29 is 26.2 Å². The van der Waals surface area contributed by atoms with Gasteiger partial charge in [0, 0.05) is 66.7 Å². The summed E-state index contributed by atoms with van der Waals surface area (Å²) in [4.78, 5) is 15.0. The molecular formula is C57H50N5OPt-. The number of phenols is 1. The van der Waals surface area contributed by atoms with Crippen LogP contribution in [0.25, 0.3) is 89.0 Å². The Bertz CT molecular complexity index is 3380. The number of phenolic OH excluding ortho intramolecular Hbond substituents is 1. The van der Waals surface area contributed by atoms with Crippen molar-refractivity contribution in [3.05, 3.63) is 181 Å². The Balaban J connectivity index is 0.00000518. The van der Waals surface area contributed by atoms with Gasteiger partial charge < -0.3 is 14.1 Å². The summed E-state index contributed by atoms with van der Waals surface area (Å²) in [5.74, 6) is 1.15. The van der Waals surface area contributed by atoms with Gasteiger partial charge in [0.2, 0.25) is 0 Å². The fourth-order valence-corrected chi connectivity index (χ4v) is 9.00. The number of nitrogens with zero attached hydrogens (tertiary/aromatic N) is 5. The van der Waals surface area contributed by atoms with Crippen molar-refractivity contribution in [3.63, 3.8) is 0 Å². The van der Waals surface area contributed by atoms with Gasteiger partial charge in [-0.3, -0.25) is 9.97 Å². The molecule has 5 aromatic heterocycles. The van der Waals surface area contributed by atoms with E-state index in [1.807, 2.05) is 24.4 Å². The van der Waals surface area contributed by atoms with Crippen LogP contribution in [0.1, 0.15) is 64.2 Å². The number of aromatic nitrogens is 5. The van der Waals surface area contributed by atoms with Crippen LogP contribution >= 0.6 is 0 Å². The molecule has 0 unspecified atom stereocenters. The molecule has 0 amide bonds. The third kappa shape index (κ3) is 7.54. The van der Waals surface area contributed by atoms with E-state index in [0.29, 0.717) is 11.3 Å². The quantitative estimate of drug-likeness (QED) is 0.169. The predicted octanol–water partition coefficient (Wildman–Crippen LogP) is 14.3. The number of fused-ring (bicyclic) bond motifs is 4. The number of hydrogen-bond donors (Lipinski definition) is 1. The summed E-state index contributed by atoms with van der Waals surface area (Å²) < 4.78 is 4.59. The molecular weight excluding hydrogens is 966 g/mol. The molecule has 0 spiro atoms. The molecule has 64 heavy (non-hydrogen) atoms. The maximum absolute atomic E-state index is 11.1. The van der Waals surface area contributed by atoms with Crippen LogP contribution in [0.2, 0.25) is 0 Å². The van der Waals surface area contributed by atoms with Crippen LogP contribution in [0, 0.1) is 19.9 Å². The first-order chi connectivity index (χ1) is 30.2. The Hall–Kier alpha value is -6.62. The molecule has 320 valence electrons. The number of hydrogen-bond acceptors (Lipinski definition) is 4. The molecule has 0 aliphatic carbocycles. The van der Waals surface area contributed by atoms with Crippen LogP contribution in [0.15, 0.2) is 152 Å². The summed E-state index contributed by atoms with van der Waals surface area (Å²) >= 11 is 0. The van der Waals surface area contributed by atoms with E-state index in [-0.39, 0.29) is 37.6 Å². The van der Waals surface area contributed by atoms with E-state index in [2.05, 4.69) is 192 Å².